The lowest BCUT2D eigenvalue weighted by molar-refractivity contribution is 0.0479. The Hall–Kier alpha value is -2.91. The average Bonchev–Trinajstić information content (AvgIpc) is 2.95. The van der Waals surface area contributed by atoms with Crippen LogP contribution in [-0.2, 0) is 11.8 Å². The molecule has 3 rings (SSSR count). The summed E-state index contributed by atoms with van der Waals surface area (Å²) < 4.78 is 6.69. The molecule has 0 fully saturated rings. The van der Waals surface area contributed by atoms with E-state index >= 15 is 0 Å². The summed E-state index contributed by atoms with van der Waals surface area (Å²) in [6.45, 7) is -0.713. The normalized spacial score (nSPS) is 10.8. The van der Waals surface area contributed by atoms with Crippen molar-refractivity contribution in [2.75, 3.05) is 12.3 Å². The van der Waals surface area contributed by atoms with E-state index in [1.54, 1.807) is 18.2 Å². The quantitative estimate of drug-likeness (QED) is 0.512. The van der Waals surface area contributed by atoms with Gasteiger partial charge in [0.2, 0.25) is 5.78 Å². The van der Waals surface area contributed by atoms with Gasteiger partial charge in [-0.3, -0.25) is 19.1 Å². The van der Waals surface area contributed by atoms with Gasteiger partial charge in [0.15, 0.2) is 6.61 Å². The minimum Gasteiger partial charge on any atom is -0.453 e. The van der Waals surface area contributed by atoms with Crippen molar-refractivity contribution in [1.82, 2.24) is 9.55 Å². The molecule has 3 N–H and O–H groups in total. The second kappa shape index (κ2) is 6.77. The number of aromatic amines is 1. The van der Waals surface area contributed by atoms with E-state index in [1.165, 1.54) is 7.05 Å². The summed E-state index contributed by atoms with van der Waals surface area (Å²) in [6, 6.07) is 7.16. The van der Waals surface area contributed by atoms with Crippen LogP contribution in [0, 0.1) is 0 Å². The number of hydrogen-bond acceptors (Lipinski definition) is 7. The molecule has 2 aromatic heterocycles. The fourth-order valence-electron chi connectivity index (χ4n) is 2.32. The van der Waals surface area contributed by atoms with Crippen LogP contribution >= 0.6 is 22.9 Å². The standard InChI is InChI=1S/C16H12ClN3O5S/c1-20-13(18)10(14(22)19-16(20)24)8(21)6-25-15(23)12-11(17)7-4-2-3-5-9(7)26-12/h2-5H,6,18H2,1H3,(H,19,22,24). The third-order valence-corrected chi connectivity index (χ3v) is 5.36. The Balaban J connectivity index is 1.83. The monoisotopic (exact) mass is 393 g/mol. The molecule has 0 amide bonds. The summed E-state index contributed by atoms with van der Waals surface area (Å²) in [5.74, 6) is -1.92. The zero-order chi connectivity index (χ0) is 19.0. The molecule has 0 aliphatic heterocycles. The first-order chi connectivity index (χ1) is 12.3. The number of fused-ring (bicyclic) bond motifs is 1. The van der Waals surface area contributed by atoms with E-state index in [-0.39, 0.29) is 15.7 Å². The lowest BCUT2D eigenvalue weighted by Crippen LogP contribution is -2.35. The highest BCUT2D eigenvalue weighted by Crippen LogP contribution is 2.35. The van der Waals surface area contributed by atoms with Gasteiger partial charge in [0.05, 0.1) is 5.02 Å². The number of esters is 1. The highest BCUT2D eigenvalue weighted by atomic mass is 35.5. The van der Waals surface area contributed by atoms with E-state index in [9.17, 15) is 19.2 Å². The lowest BCUT2D eigenvalue weighted by Gasteiger charge is -2.08. The highest BCUT2D eigenvalue weighted by Gasteiger charge is 2.22. The average molecular weight is 394 g/mol. The number of benzene rings is 1. The van der Waals surface area contributed by atoms with Crippen molar-refractivity contribution in [3.05, 3.63) is 60.6 Å². The molecule has 26 heavy (non-hydrogen) atoms. The van der Waals surface area contributed by atoms with Crippen LogP contribution < -0.4 is 17.0 Å². The van der Waals surface area contributed by atoms with Crippen LogP contribution in [0.15, 0.2) is 33.9 Å². The molecule has 0 aliphatic rings. The Kier molecular flexibility index (Phi) is 4.66. The molecule has 0 unspecified atom stereocenters. The smallest absolute Gasteiger partial charge is 0.350 e. The van der Waals surface area contributed by atoms with Gasteiger partial charge in [-0.05, 0) is 6.07 Å². The number of nitrogens with one attached hydrogen (secondary N) is 1. The van der Waals surface area contributed by atoms with Gasteiger partial charge in [-0.15, -0.1) is 11.3 Å². The van der Waals surface area contributed by atoms with Crippen molar-refractivity contribution in [2.24, 2.45) is 7.05 Å². The number of ketones is 1. The van der Waals surface area contributed by atoms with E-state index in [1.807, 2.05) is 11.1 Å². The molecule has 0 saturated carbocycles. The lowest BCUT2D eigenvalue weighted by atomic mass is 10.2. The summed E-state index contributed by atoms with van der Waals surface area (Å²) in [4.78, 5) is 49.8. The van der Waals surface area contributed by atoms with Crippen molar-refractivity contribution < 1.29 is 14.3 Å². The number of H-pyrrole nitrogens is 1. The predicted molar refractivity (Wildman–Crippen MR) is 98.2 cm³/mol. The molecule has 0 aliphatic carbocycles. The first-order valence-corrected chi connectivity index (χ1v) is 8.46. The summed E-state index contributed by atoms with van der Waals surface area (Å²) >= 11 is 7.32. The number of aromatic nitrogens is 2. The van der Waals surface area contributed by atoms with Crippen LogP contribution in [0.2, 0.25) is 5.02 Å². The number of ether oxygens (including phenoxy) is 1. The van der Waals surface area contributed by atoms with E-state index in [4.69, 9.17) is 22.1 Å². The second-order valence-corrected chi connectivity index (χ2v) is 6.75. The van der Waals surface area contributed by atoms with Crippen molar-refractivity contribution in [3.8, 4) is 0 Å². The van der Waals surface area contributed by atoms with Gasteiger partial charge in [-0.2, -0.15) is 0 Å². The minimum atomic E-state index is -0.938. The van der Waals surface area contributed by atoms with E-state index in [2.05, 4.69) is 0 Å². The third kappa shape index (κ3) is 3.02. The molecule has 0 radical (unpaired) electrons. The summed E-state index contributed by atoms with van der Waals surface area (Å²) in [5, 5.41) is 0.943. The van der Waals surface area contributed by atoms with Gasteiger partial charge in [0, 0.05) is 17.1 Å². The molecular weight excluding hydrogens is 382 g/mol. The number of nitrogens with zero attached hydrogens (tertiary/aromatic N) is 1. The van der Waals surface area contributed by atoms with Gasteiger partial charge in [0.1, 0.15) is 16.3 Å². The molecule has 0 spiro atoms. The first kappa shape index (κ1) is 17.9. The third-order valence-electron chi connectivity index (χ3n) is 3.70. The SMILES string of the molecule is Cn1c(N)c(C(=O)COC(=O)c2sc3ccccc3c2Cl)c(=O)[nH]c1=O. The Morgan fingerprint density at radius 2 is 2.00 bits per heavy atom. The number of hydrogen-bond donors (Lipinski definition) is 2. The molecule has 0 saturated heterocycles. The molecule has 10 heteroatoms. The highest BCUT2D eigenvalue weighted by molar-refractivity contribution is 7.21. The van der Waals surface area contributed by atoms with Crippen LogP contribution in [0.25, 0.3) is 10.1 Å². The zero-order valence-corrected chi connectivity index (χ0v) is 14.9. The van der Waals surface area contributed by atoms with Crippen molar-refractivity contribution in [3.63, 3.8) is 0 Å². The maximum atomic E-state index is 12.2. The summed E-state index contributed by atoms with van der Waals surface area (Å²) in [7, 11) is 1.30. The van der Waals surface area contributed by atoms with E-state index in [0.29, 0.717) is 5.39 Å². The molecule has 3 aromatic rings. The first-order valence-electron chi connectivity index (χ1n) is 7.27. The van der Waals surface area contributed by atoms with Crippen LogP contribution in [0.1, 0.15) is 20.0 Å². The number of Topliss-reactive ketones (excluding diaryl/α,β-unsaturated/α-hetero) is 1. The Morgan fingerprint density at radius 1 is 1.31 bits per heavy atom. The van der Waals surface area contributed by atoms with Gasteiger partial charge in [-0.1, -0.05) is 29.8 Å². The van der Waals surface area contributed by atoms with Crippen LogP contribution in [0.4, 0.5) is 5.82 Å². The predicted octanol–water partition coefficient (Wildman–Crippen LogP) is 1.56. The molecule has 2 heterocycles. The number of nitrogens with two attached hydrogens (primary N) is 1. The fraction of sp³-hybridized carbons (Fsp3) is 0.125. The van der Waals surface area contributed by atoms with E-state index in [0.717, 1.165) is 20.6 Å². The van der Waals surface area contributed by atoms with Gasteiger partial charge in [-0.25, -0.2) is 9.59 Å². The van der Waals surface area contributed by atoms with Gasteiger partial charge in [0.25, 0.3) is 5.56 Å². The molecule has 1 aromatic carbocycles. The Morgan fingerprint density at radius 3 is 2.69 bits per heavy atom. The fourth-order valence-corrected chi connectivity index (χ4v) is 3.72. The summed E-state index contributed by atoms with van der Waals surface area (Å²) in [6.07, 6.45) is 0. The molecule has 8 nitrogen and oxygen atoms in total. The van der Waals surface area contributed by atoms with Crippen LogP contribution in [0.3, 0.4) is 0 Å². The largest absolute Gasteiger partial charge is 0.453 e. The molecular formula is C16H12ClN3O5S. The zero-order valence-electron chi connectivity index (χ0n) is 13.4. The number of thiophene rings is 1. The molecule has 0 bridgehead atoms. The number of carbonyl (C=O) groups excluding carboxylic acids is 2. The topological polar surface area (TPSA) is 124 Å². The van der Waals surface area contributed by atoms with Gasteiger partial charge >= 0.3 is 11.7 Å². The van der Waals surface area contributed by atoms with Crippen molar-refractivity contribution in [1.29, 1.82) is 0 Å². The number of anilines is 1. The maximum Gasteiger partial charge on any atom is 0.350 e. The molecule has 0 atom stereocenters. The number of carbonyl (C=O) groups is 2. The van der Waals surface area contributed by atoms with Crippen LogP contribution in [0.5, 0.6) is 0 Å². The Labute approximate surface area is 154 Å². The van der Waals surface area contributed by atoms with Crippen molar-refractivity contribution >= 4 is 50.6 Å². The number of halogens is 1. The van der Waals surface area contributed by atoms with Gasteiger partial charge < -0.3 is 10.5 Å². The maximum absolute atomic E-state index is 12.2. The van der Waals surface area contributed by atoms with Crippen molar-refractivity contribution in [2.45, 2.75) is 0 Å². The van der Waals surface area contributed by atoms with Crippen LogP contribution in [-0.4, -0.2) is 27.9 Å². The van der Waals surface area contributed by atoms with E-state index < -0.39 is 35.2 Å². The Bertz CT molecular complexity index is 1160. The number of nitrogen functional groups attached to an aromatic ring is 1. The number of rotatable bonds is 4. The summed E-state index contributed by atoms with van der Waals surface area (Å²) in [5.41, 5.74) is 3.51. The minimum absolute atomic E-state index is 0.156. The second-order valence-electron chi connectivity index (χ2n) is 5.32. The molecule has 134 valence electrons.